The monoisotopic (exact) mass is 309 g/mol. The number of nitrogens with zero attached hydrogens (tertiary/aromatic N) is 1. The summed E-state index contributed by atoms with van der Waals surface area (Å²) in [6.07, 6.45) is 3.36. The third-order valence-electron chi connectivity index (χ3n) is 3.69. The molecule has 1 fully saturated rings. The Kier molecular flexibility index (Phi) is 4.62. The number of cyclic esters (lactones) is 1. The molecule has 0 bridgehead atoms. The van der Waals surface area contributed by atoms with Gasteiger partial charge in [-0.05, 0) is 36.3 Å². The Morgan fingerprint density at radius 3 is 2.57 bits per heavy atom. The van der Waals surface area contributed by atoms with Gasteiger partial charge in [0.2, 0.25) is 0 Å². The van der Waals surface area contributed by atoms with E-state index in [-0.39, 0.29) is 12.1 Å². The fourth-order valence-corrected chi connectivity index (χ4v) is 2.32. The average molecular weight is 309 g/mol. The highest BCUT2D eigenvalue weighted by molar-refractivity contribution is 5.72. The van der Waals surface area contributed by atoms with Crippen LogP contribution in [-0.4, -0.2) is 23.6 Å². The molecule has 4 nitrogen and oxygen atoms in total. The van der Waals surface area contributed by atoms with Crippen molar-refractivity contribution < 1.29 is 14.3 Å². The van der Waals surface area contributed by atoms with Gasteiger partial charge in [0.25, 0.3) is 0 Å². The first-order valence-corrected chi connectivity index (χ1v) is 7.62. The largest absolute Gasteiger partial charge is 0.489 e. The zero-order valence-corrected chi connectivity index (χ0v) is 13.0. The van der Waals surface area contributed by atoms with Crippen LogP contribution in [0.3, 0.4) is 0 Å². The van der Waals surface area contributed by atoms with Crippen LogP contribution in [0.15, 0.2) is 60.8 Å². The van der Waals surface area contributed by atoms with Crippen LogP contribution in [0.5, 0.6) is 5.75 Å². The van der Waals surface area contributed by atoms with Crippen molar-refractivity contribution >= 4 is 12.2 Å². The predicted molar refractivity (Wildman–Crippen MR) is 88.9 cm³/mol. The molecule has 0 saturated carbocycles. The summed E-state index contributed by atoms with van der Waals surface area (Å²) in [7, 11) is 0. The number of amides is 1. The normalized spacial score (nSPS) is 17.5. The van der Waals surface area contributed by atoms with E-state index in [1.54, 1.807) is 11.1 Å². The van der Waals surface area contributed by atoms with E-state index in [1.807, 2.05) is 67.6 Å². The molecule has 118 valence electrons. The van der Waals surface area contributed by atoms with Crippen LogP contribution in [0.2, 0.25) is 0 Å². The zero-order chi connectivity index (χ0) is 16.1. The summed E-state index contributed by atoms with van der Waals surface area (Å²) in [6, 6.07) is 17.9. The Morgan fingerprint density at radius 2 is 1.91 bits per heavy atom. The lowest BCUT2D eigenvalue weighted by Gasteiger charge is -2.11. The third kappa shape index (κ3) is 3.92. The average Bonchev–Trinajstić information content (AvgIpc) is 2.91. The quantitative estimate of drug-likeness (QED) is 0.835. The molecule has 1 atom stereocenters. The van der Waals surface area contributed by atoms with Crippen LogP contribution in [0, 0.1) is 0 Å². The molecule has 1 aliphatic rings. The first kappa shape index (κ1) is 15.2. The van der Waals surface area contributed by atoms with Crippen molar-refractivity contribution in [1.82, 2.24) is 4.90 Å². The number of benzene rings is 2. The Morgan fingerprint density at radius 1 is 1.17 bits per heavy atom. The maximum atomic E-state index is 11.5. The van der Waals surface area contributed by atoms with E-state index < -0.39 is 0 Å². The number of carbonyl (C=O) groups is 1. The van der Waals surface area contributed by atoms with Crippen LogP contribution in [0.4, 0.5) is 4.79 Å². The molecular formula is C19H19NO3. The Bertz CT molecular complexity index is 680. The standard InChI is InChI=1S/C19H19NO3/c1-15-13-23-19(21)20(15)12-11-16-7-9-18(10-8-16)22-14-17-5-3-2-4-6-17/h2-12,15H,13-14H2,1H3/t15-/m1/s1. The van der Waals surface area contributed by atoms with E-state index >= 15 is 0 Å². The second kappa shape index (κ2) is 7.01. The van der Waals surface area contributed by atoms with Gasteiger partial charge in [-0.1, -0.05) is 42.5 Å². The highest BCUT2D eigenvalue weighted by Gasteiger charge is 2.27. The van der Waals surface area contributed by atoms with Gasteiger partial charge in [0.1, 0.15) is 19.0 Å². The van der Waals surface area contributed by atoms with Crippen molar-refractivity contribution in [3.05, 3.63) is 71.9 Å². The minimum absolute atomic E-state index is 0.0761. The molecule has 1 aliphatic heterocycles. The number of carbonyl (C=O) groups excluding carboxylic acids is 1. The molecule has 1 saturated heterocycles. The van der Waals surface area contributed by atoms with E-state index in [1.165, 1.54) is 0 Å². The Balaban J connectivity index is 1.58. The lowest BCUT2D eigenvalue weighted by atomic mass is 10.2. The smallest absolute Gasteiger partial charge is 0.414 e. The van der Waals surface area contributed by atoms with Gasteiger partial charge in [0, 0.05) is 6.20 Å². The molecule has 23 heavy (non-hydrogen) atoms. The predicted octanol–water partition coefficient (Wildman–Crippen LogP) is 4.08. The SMILES string of the molecule is C[C@@H]1COC(=O)N1C=Cc1ccc(OCc2ccccc2)cc1. The summed E-state index contributed by atoms with van der Waals surface area (Å²) in [5.74, 6) is 0.819. The molecule has 1 heterocycles. The van der Waals surface area contributed by atoms with Crippen molar-refractivity contribution in [3.8, 4) is 5.75 Å². The maximum Gasteiger partial charge on any atom is 0.414 e. The van der Waals surface area contributed by atoms with Gasteiger partial charge in [0.15, 0.2) is 0 Å². The highest BCUT2D eigenvalue weighted by atomic mass is 16.6. The number of rotatable bonds is 5. The molecular weight excluding hydrogens is 290 g/mol. The second-order valence-corrected chi connectivity index (χ2v) is 5.49. The van der Waals surface area contributed by atoms with Crippen molar-refractivity contribution in [2.45, 2.75) is 19.6 Å². The summed E-state index contributed by atoms with van der Waals surface area (Å²) in [4.78, 5) is 13.1. The minimum Gasteiger partial charge on any atom is -0.489 e. The van der Waals surface area contributed by atoms with Gasteiger partial charge < -0.3 is 9.47 Å². The van der Waals surface area contributed by atoms with Gasteiger partial charge in [0.05, 0.1) is 6.04 Å². The molecule has 3 rings (SSSR count). The van der Waals surface area contributed by atoms with Gasteiger partial charge >= 0.3 is 6.09 Å². The number of hydrogen-bond donors (Lipinski definition) is 0. The maximum absolute atomic E-state index is 11.5. The van der Waals surface area contributed by atoms with Gasteiger partial charge in [-0.15, -0.1) is 0 Å². The fourth-order valence-electron chi connectivity index (χ4n) is 2.32. The van der Waals surface area contributed by atoms with Crippen molar-refractivity contribution in [1.29, 1.82) is 0 Å². The molecule has 4 heteroatoms. The van der Waals surface area contributed by atoms with Crippen LogP contribution < -0.4 is 4.74 Å². The van der Waals surface area contributed by atoms with Crippen LogP contribution in [0.25, 0.3) is 6.08 Å². The topological polar surface area (TPSA) is 38.8 Å². The summed E-state index contributed by atoms with van der Waals surface area (Å²) in [5, 5.41) is 0. The van der Waals surface area contributed by atoms with Gasteiger partial charge in [-0.3, -0.25) is 4.90 Å². The van der Waals surface area contributed by atoms with E-state index in [4.69, 9.17) is 9.47 Å². The summed E-state index contributed by atoms with van der Waals surface area (Å²) in [6.45, 7) is 2.94. The Hall–Kier alpha value is -2.75. The molecule has 2 aromatic rings. The van der Waals surface area contributed by atoms with Gasteiger partial charge in [-0.25, -0.2) is 4.79 Å². The van der Waals surface area contributed by atoms with E-state index in [0.29, 0.717) is 13.2 Å². The fraction of sp³-hybridized carbons (Fsp3) is 0.211. The molecule has 0 aliphatic carbocycles. The lowest BCUT2D eigenvalue weighted by Crippen LogP contribution is -2.25. The van der Waals surface area contributed by atoms with Crippen LogP contribution >= 0.6 is 0 Å². The molecule has 1 amide bonds. The van der Waals surface area contributed by atoms with Crippen molar-refractivity contribution in [3.63, 3.8) is 0 Å². The van der Waals surface area contributed by atoms with Crippen molar-refractivity contribution in [2.24, 2.45) is 0 Å². The highest BCUT2D eigenvalue weighted by Crippen LogP contribution is 2.17. The van der Waals surface area contributed by atoms with E-state index in [9.17, 15) is 4.79 Å². The van der Waals surface area contributed by atoms with E-state index in [2.05, 4.69) is 0 Å². The number of hydrogen-bond acceptors (Lipinski definition) is 3. The molecule has 2 aromatic carbocycles. The summed E-state index contributed by atoms with van der Waals surface area (Å²) < 4.78 is 10.7. The molecule has 0 N–H and O–H groups in total. The lowest BCUT2D eigenvalue weighted by molar-refractivity contribution is 0.166. The van der Waals surface area contributed by atoms with Crippen LogP contribution in [0.1, 0.15) is 18.1 Å². The Labute approximate surface area is 135 Å². The second-order valence-electron chi connectivity index (χ2n) is 5.49. The van der Waals surface area contributed by atoms with Gasteiger partial charge in [-0.2, -0.15) is 0 Å². The van der Waals surface area contributed by atoms with E-state index in [0.717, 1.165) is 16.9 Å². The van der Waals surface area contributed by atoms with Crippen LogP contribution in [-0.2, 0) is 11.3 Å². The third-order valence-corrected chi connectivity index (χ3v) is 3.69. The summed E-state index contributed by atoms with van der Waals surface area (Å²) >= 11 is 0. The molecule has 0 unspecified atom stereocenters. The van der Waals surface area contributed by atoms with Crippen molar-refractivity contribution in [2.75, 3.05) is 6.61 Å². The minimum atomic E-state index is -0.295. The number of ether oxygens (including phenoxy) is 2. The summed E-state index contributed by atoms with van der Waals surface area (Å²) in [5.41, 5.74) is 2.14. The molecule has 0 radical (unpaired) electrons. The molecule has 0 spiro atoms. The first-order chi connectivity index (χ1) is 11.2. The zero-order valence-electron chi connectivity index (χ0n) is 13.0. The molecule has 0 aromatic heterocycles. The first-order valence-electron chi connectivity index (χ1n) is 7.62.